The monoisotopic (exact) mass is 205 g/mol. The van der Waals surface area contributed by atoms with Crippen LogP contribution < -0.4 is 0 Å². The van der Waals surface area contributed by atoms with Crippen LogP contribution in [0.1, 0.15) is 63.9 Å². The third-order valence-electron chi connectivity index (χ3n) is 3.05. The Kier molecular flexibility index (Phi) is 6.06. The second-order valence-corrected chi connectivity index (χ2v) is 4.24. The van der Waals surface area contributed by atoms with Gasteiger partial charge in [-0.05, 0) is 30.4 Å². The maximum Gasteiger partial charge on any atom is 0.0302 e. The average molecular weight is 205 g/mol. The number of rotatable bonds is 7. The molecule has 1 aromatic heterocycles. The number of pyridine rings is 1. The van der Waals surface area contributed by atoms with Crippen molar-refractivity contribution in [1.29, 1.82) is 0 Å². The predicted octanol–water partition coefficient (Wildman–Crippen LogP) is 4.55. The Morgan fingerprint density at radius 3 is 2.67 bits per heavy atom. The van der Waals surface area contributed by atoms with Gasteiger partial charge in [-0.3, -0.25) is 4.98 Å². The van der Waals surface area contributed by atoms with Gasteiger partial charge in [0.1, 0.15) is 0 Å². The van der Waals surface area contributed by atoms with Crippen molar-refractivity contribution in [3.8, 4) is 0 Å². The Hall–Kier alpha value is -0.850. The molecule has 0 spiro atoms. The Balaban J connectivity index is 2.36. The van der Waals surface area contributed by atoms with Crippen LogP contribution in [0.25, 0.3) is 0 Å². The second kappa shape index (κ2) is 7.44. The van der Waals surface area contributed by atoms with Crippen molar-refractivity contribution >= 4 is 0 Å². The molecule has 0 aliphatic rings. The Morgan fingerprint density at radius 1 is 1.20 bits per heavy atom. The molecule has 84 valence electrons. The van der Waals surface area contributed by atoms with E-state index in [9.17, 15) is 0 Å². The maximum atomic E-state index is 4.20. The number of unbranched alkanes of at least 4 members (excludes halogenated alkanes) is 3. The molecule has 0 radical (unpaired) electrons. The molecule has 0 fully saturated rings. The van der Waals surface area contributed by atoms with E-state index in [0.717, 1.165) is 5.92 Å². The van der Waals surface area contributed by atoms with Gasteiger partial charge in [-0.2, -0.15) is 0 Å². The van der Waals surface area contributed by atoms with Gasteiger partial charge in [0, 0.05) is 12.4 Å². The highest BCUT2D eigenvalue weighted by atomic mass is 14.6. The molecule has 1 unspecified atom stereocenters. The third-order valence-corrected chi connectivity index (χ3v) is 3.05. The fraction of sp³-hybridized carbons (Fsp3) is 0.643. The van der Waals surface area contributed by atoms with Gasteiger partial charge in [-0.15, -0.1) is 0 Å². The molecular formula is C14H23N. The molecule has 1 heterocycles. The Bertz CT molecular complexity index is 243. The van der Waals surface area contributed by atoms with E-state index in [1.807, 2.05) is 18.5 Å². The average Bonchev–Trinajstić information content (AvgIpc) is 2.30. The normalized spacial score (nSPS) is 12.7. The van der Waals surface area contributed by atoms with Crippen molar-refractivity contribution in [2.75, 3.05) is 0 Å². The van der Waals surface area contributed by atoms with Crippen molar-refractivity contribution in [3.05, 3.63) is 30.1 Å². The van der Waals surface area contributed by atoms with Crippen LogP contribution in [-0.2, 0) is 0 Å². The number of aromatic nitrogens is 1. The largest absolute Gasteiger partial charge is 0.264 e. The van der Waals surface area contributed by atoms with Gasteiger partial charge < -0.3 is 0 Å². The van der Waals surface area contributed by atoms with Crippen LogP contribution >= 0.6 is 0 Å². The first-order chi connectivity index (χ1) is 7.38. The zero-order valence-corrected chi connectivity index (χ0v) is 10.1. The summed E-state index contributed by atoms with van der Waals surface area (Å²) < 4.78 is 0. The van der Waals surface area contributed by atoms with E-state index >= 15 is 0 Å². The molecule has 1 heteroatoms. The van der Waals surface area contributed by atoms with Crippen LogP contribution in [0.5, 0.6) is 0 Å². The van der Waals surface area contributed by atoms with Gasteiger partial charge in [0.15, 0.2) is 0 Å². The van der Waals surface area contributed by atoms with Crippen molar-refractivity contribution < 1.29 is 0 Å². The summed E-state index contributed by atoms with van der Waals surface area (Å²) in [5, 5.41) is 0. The van der Waals surface area contributed by atoms with Gasteiger partial charge in [0.2, 0.25) is 0 Å². The lowest BCUT2D eigenvalue weighted by Gasteiger charge is -2.14. The third kappa shape index (κ3) is 4.46. The van der Waals surface area contributed by atoms with Gasteiger partial charge >= 0.3 is 0 Å². The van der Waals surface area contributed by atoms with Crippen LogP contribution in [0.15, 0.2) is 24.5 Å². The minimum atomic E-state index is 0.718. The van der Waals surface area contributed by atoms with Crippen LogP contribution in [0.4, 0.5) is 0 Å². The van der Waals surface area contributed by atoms with Crippen LogP contribution in [0.3, 0.4) is 0 Å². The summed E-state index contributed by atoms with van der Waals surface area (Å²) in [4.78, 5) is 4.20. The molecular weight excluding hydrogens is 182 g/mol. The first-order valence-corrected chi connectivity index (χ1v) is 6.28. The smallest absolute Gasteiger partial charge is 0.0302 e. The summed E-state index contributed by atoms with van der Waals surface area (Å²) in [6, 6.07) is 4.25. The minimum Gasteiger partial charge on any atom is -0.264 e. The molecule has 0 amide bonds. The van der Waals surface area contributed by atoms with E-state index in [0.29, 0.717) is 0 Å². The maximum absolute atomic E-state index is 4.20. The summed E-state index contributed by atoms with van der Waals surface area (Å²) in [5.41, 5.74) is 1.41. The highest BCUT2D eigenvalue weighted by molar-refractivity contribution is 5.14. The molecule has 1 atom stereocenters. The highest BCUT2D eigenvalue weighted by Gasteiger charge is 2.08. The number of nitrogens with zero attached hydrogens (tertiary/aromatic N) is 1. The molecule has 0 saturated heterocycles. The van der Waals surface area contributed by atoms with Crippen molar-refractivity contribution in [2.45, 2.75) is 58.3 Å². The molecule has 0 N–H and O–H groups in total. The lowest BCUT2D eigenvalue weighted by Crippen LogP contribution is -1.97. The minimum absolute atomic E-state index is 0.718. The van der Waals surface area contributed by atoms with Crippen molar-refractivity contribution in [2.24, 2.45) is 0 Å². The molecule has 0 saturated carbocycles. The number of hydrogen-bond donors (Lipinski definition) is 0. The molecule has 0 bridgehead atoms. The zero-order valence-electron chi connectivity index (χ0n) is 10.1. The molecule has 0 aliphatic heterocycles. The van der Waals surface area contributed by atoms with Crippen molar-refractivity contribution in [1.82, 2.24) is 4.98 Å². The molecule has 1 nitrogen and oxygen atoms in total. The van der Waals surface area contributed by atoms with E-state index in [-0.39, 0.29) is 0 Å². The molecule has 0 aliphatic carbocycles. The van der Waals surface area contributed by atoms with Gasteiger partial charge in [0.05, 0.1) is 0 Å². The van der Waals surface area contributed by atoms with E-state index in [1.165, 1.54) is 44.1 Å². The topological polar surface area (TPSA) is 12.9 Å². The highest BCUT2D eigenvalue weighted by Crippen LogP contribution is 2.24. The van der Waals surface area contributed by atoms with Crippen LogP contribution in [0, 0.1) is 0 Å². The van der Waals surface area contributed by atoms with E-state index in [2.05, 4.69) is 24.9 Å². The summed E-state index contributed by atoms with van der Waals surface area (Å²) in [6.07, 6.45) is 11.9. The van der Waals surface area contributed by atoms with Crippen molar-refractivity contribution in [3.63, 3.8) is 0 Å². The predicted molar refractivity (Wildman–Crippen MR) is 66.0 cm³/mol. The number of hydrogen-bond acceptors (Lipinski definition) is 1. The summed E-state index contributed by atoms with van der Waals surface area (Å²) >= 11 is 0. The quantitative estimate of drug-likeness (QED) is 0.595. The van der Waals surface area contributed by atoms with Gasteiger partial charge in [0.25, 0.3) is 0 Å². The molecule has 0 aromatic carbocycles. The SMILES string of the molecule is CCCCCCC(CC)c1cccnc1. The van der Waals surface area contributed by atoms with Crippen LogP contribution in [-0.4, -0.2) is 4.98 Å². The zero-order chi connectivity index (χ0) is 10.9. The molecule has 15 heavy (non-hydrogen) atoms. The molecule has 1 rings (SSSR count). The summed E-state index contributed by atoms with van der Waals surface area (Å²) in [7, 11) is 0. The van der Waals surface area contributed by atoms with E-state index in [4.69, 9.17) is 0 Å². The first kappa shape index (κ1) is 12.2. The van der Waals surface area contributed by atoms with E-state index in [1.54, 1.807) is 0 Å². The van der Waals surface area contributed by atoms with Gasteiger partial charge in [-0.25, -0.2) is 0 Å². The summed E-state index contributed by atoms with van der Waals surface area (Å²) in [5.74, 6) is 0.718. The Morgan fingerprint density at radius 2 is 2.07 bits per heavy atom. The lowest BCUT2D eigenvalue weighted by molar-refractivity contribution is 0.541. The first-order valence-electron chi connectivity index (χ1n) is 6.28. The standard InChI is InChI=1S/C14H23N/c1-3-5-6-7-9-13(4-2)14-10-8-11-15-12-14/h8,10-13H,3-7,9H2,1-2H3. The lowest BCUT2D eigenvalue weighted by atomic mass is 9.92. The fourth-order valence-electron chi connectivity index (χ4n) is 2.04. The van der Waals surface area contributed by atoms with E-state index < -0.39 is 0 Å². The van der Waals surface area contributed by atoms with Gasteiger partial charge in [-0.1, -0.05) is 45.6 Å². The Labute approximate surface area is 93.9 Å². The summed E-state index contributed by atoms with van der Waals surface area (Å²) in [6.45, 7) is 4.54. The second-order valence-electron chi connectivity index (χ2n) is 4.24. The molecule has 1 aromatic rings. The van der Waals surface area contributed by atoms with Crippen LogP contribution in [0.2, 0.25) is 0 Å². The fourth-order valence-corrected chi connectivity index (χ4v) is 2.04.